The molecule has 2 heterocycles. The Kier molecular flexibility index (Phi) is 8.86. The summed E-state index contributed by atoms with van der Waals surface area (Å²) in [5.74, 6) is 0.872. The van der Waals surface area contributed by atoms with Crippen molar-refractivity contribution in [1.29, 1.82) is 0 Å². The number of hydrogen-bond acceptors (Lipinski definition) is 4. The van der Waals surface area contributed by atoms with Crippen molar-refractivity contribution in [2.24, 2.45) is 4.99 Å². The lowest BCUT2D eigenvalue weighted by Gasteiger charge is -2.10. The second-order valence-electron chi connectivity index (χ2n) is 4.31. The monoisotopic (exact) mass is 436 g/mol. The molecule has 0 aliphatic heterocycles. The number of aryl methyl sites for hydroxylation is 1. The summed E-state index contributed by atoms with van der Waals surface area (Å²) in [6.45, 7) is 6.55. The van der Waals surface area contributed by atoms with Crippen molar-refractivity contribution in [3.05, 3.63) is 38.5 Å². The van der Waals surface area contributed by atoms with Gasteiger partial charge in [-0.25, -0.2) is 9.98 Å². The number of hydrogen-bond donors (Lipinski definition) is 2. The summed E-state index contributed by atoms with van der Waals surface area (Å²) in [5.41, 5.74) is 2.95. The molecule has 0 aliphatic rings. The zero-order valence-corrected chi connectivity index (χ0v) is 16.2. The van der Waals surface area contributed by atoms with E-state index in [1.54, 1.807) is 22.7 Å². The molecule has 0 saturated carbocycles. The van der Waals surface area contributed by atoms with Gasteiger partial charge in [-0.05, 0) is 31.7 Å². The van der Waals surface area contributed by atoms with Crippen molar-refractivity contribution < 1.29 is 0 Å². The molecule has 0 bridgehead atoms. The van der Waals surface area contributed by atoms with E-state index in [1.807, 2.05) is 12.4 Å². The highest BCUT2D eigenvalue weighted by Crippen LogP contribution is 2.13. The van der Waals surface area contributed by atoms with E-state index < -0.39 is 0 Å². The highest BCUT2D eigenvalue weighted by Gasteiger charge is 2.02. The van der Waals surface area contributed by atoms with Crippen LogP contribution in [-0.2, 0) is 13.0 Å². The molecule has 0 radical (unpaired) electrons. The SMILES string of the molecule is CCNC(=NCc1scnc1C)NCCc1cccs1.I. The van der Waals surface area contributed by atoms with E-state index in [1.165, 1.54) is 9.75 Å². The van der Waals surface area contributed by atoms with Crippen molar-refractivity contribution >= 4 is 52.6 Å². The van der Waals surface area contributed by atoms with Crippen molar-refractivity contribution in [1.82, 2.24) is 15.6 Å². The molecule has 4 nitrogen and oxygen atoms in total. The van der Waals surface area contributed by atoms with Gasteiger partial charge in [0, 0.05) is 22.8 Å². The molecule has 0 fully saturated rings. The molecule has 21 heavy (non-hydrogen) atoms. The average molecular weight is 436 g/mol. The summed E-state index contributed by atoms with van der Waals surface area (Å²) in [4.78, 5) is 11.5. The number of thiazole rings is 1. The summed E-state index contributed by atoms with van der Waals surface area (Å²) >= 11 is 3.45. The topological polar surface area (TPSA) is 49.3 Å². The molecule has 0 spiro atoms. The van der Waals surface area contributed by atoms with Crippen molar-refractivity contribution in [3.63, 3.8) is 0 Å². The molecule has 0 aromatic carbocycles. The quantitative estimate of drug-likeness (QED) is 0.415. The normalized spacial score (nSPS) is 11.0. The van der Waals surface area contributed by atoms with Crippen LogP contribution < -0.4 is 10.6 Å². The second-order valence-corrected chi connectivity index (χ2v) is 6.28. The zero-order valence-electron chi connectivity index (χ0n) is 12.3. The van der Waals surface area contributed by atoms with E-state index >= 15 is 0 Å². The lowest BCUT2D eigenvalue weighted by molar-refractivity contribution is 0.805. The van der Waals surface area contributed by atoms with E-state index in [9.17, 15) is 0 Å². The summed E-state index contributed by atoms with van der Waals surface area (Å²) in [7, 11) is 0. The van der Waals surface area contributed by atoms with Crippen molar-refractivity contribution in [2.45, 2.75) is 26.8 Å². The first-order valence-corrected chi connectivity index (χ1v) is 8.49. The first-order chi connectivity index (χ1) is 9.79. The van der Waals surface area contributed by atoms with Gasteiger partial charge in [-0.15, -0.1) is 46.7 Å². The molecule has 116 valence electrons. The van der Waals surface area contributed by atoms with E-state index in [2.05, 4.69) is 45.0 Å². The summed E-state index contributed by atoms with van der Waals surface area (Å²) in [6, 6.07) is 4.25. The maximum atomic E-state index is 4.60. The van der Waals surface area contributed by atoms with Crippen LogP contribution in [0.2, 0.25) is 0 Å². The molecule has 2 rings (SSSR count). The fraction of sp³-hybridized carbons (Fsp3) is 0.429. The number of halogens is 1. The second kappa shape index (κ2) is 10.1. The van der Waals surface area contributed by atoms with Gasteiger partial charge in [-0.1, -0.05) is 6.07 Å². The van der Waals surface area contributed by atoms with Crippen molar-refractivity contribution in [2.75, 3.05) is 13.1 Å². The Morgan fingerprint density at radius 1 is 1.33 bits per heavy atom. The molecule has 2 aromatic rings. The van der Waals surface area contributed by atoms with Crippen LogP contribution >= 0.6 is 46.7 Å². The third-order valence-corrected chi connectivity index (χ3v) is 4.67. The minimum absolute atomic E-state index is 0. The van der Waals surface area contributed by atoms with Gasteiger partial charge in [0.25, 0.3) is 0 Å². The van der Waals surface area contributed by atoms with Gasteiger partial charge in [0.2, 0.25) is 0 Å². The van der Waals surface area contributed by atoms with Gasteiger partial charge in [-0.3, -0.25) is 0 Å². The largest absolute Gasteiger partial charge is 0.357 e. The number of aromatic nitrogens is 1. The van der Waals surface area contributed by atoms with Crippen LogP contribution in [-0.4, -0.2) is 24.0 Å². The molecule has 2 aromatic heterocycles. The Bertz CT molecular complexity index is 537. The highest BCUT2D eigenvalue weighted by atomic mass is 127. The number of guanidine groups is 1. The van der Waals surface area contributed by atoms with Gasteiger partial charge in [0.15, 0.2) is 5.96 Å². The Morgan fingerprint density at radius 2 is 2.19 bits per heavy atom. The van der Waals surface area contributed by atoms with Crippen LogP contribution in [0, 0.1) is 6.92 Å². The van der Waals surface area contributed by atoms with Gasteiger partial charge < -0.3 is 10.6 Å². The lowest BCUT2D eigenvalue weighted by Crippen LogP contribution is -2.38. The summed E-state index contributed by atoms with van der Waals surface area (Å²) < 4.78 is 0. The summed E-state index contributed by atoms with van der Waals surface area (Å²) in [5, 5.41) is 8.75. The van der Waals surface area contributed by atoms with Gasteiger partial charge in [-0.2, -0.15) is 0 Å². The zero-order chi connectivity index (χ0) is 14.2. The van der Waals surface area contributed by atoms with E-state index in [-0.39, 0.29) is 24.0 Å². The molecule has 7 heteroatoms. The molecule has 0 atom stereocenters. The third-order valence-electron chi connectivity index (χ3n) is 2.81. The van der Waals surface area contributed by atoms with Crippen LogP contribution in [0.15, 0.2) is 28.0 Å². The van der Waals surface area contributed by atoms with Crippen LogP contribution in [0.4, 0.5) is 0 Å². The van der Waals surface area contributed by atoms with Crippen LogP contribution in [0.3, 0.4) is 0 Å². The fourth-order valence-electron chi connectivity index (χ4n) is 1.73. The number of nitrogens with one attached hydrogen (secondary N) is 2. The Morgan fingerprint density at radius 3 is 2.81 bits per heavy atom. The molecular weight excluding hydrogens is 415 g/mol. The van der Waals surface area contributed by atoms with Crippen LogP contribution in [0.25, 0.3) is 0 Å². The Labute approximate surface area is 151 Å². The minimum Gasteiger partial charge on any atom is -0.357 e. The highest BCUT2D eigenvalue weighted by molar-refractivity contribution is 14.0. The molecule has 0 unspecified atom stereocenters. The van der Waals surface area contributed by atoms with Crippen LogP contribution in [0.5, 0.6) is 0 Å². The lowest BCUT2D eigenvalue weighted by atomic mass is 10.3. The fourth-order valence-corrected chi connectivity index (χ4v) is 3.14. The molecule has 2 N–H and O–H groups in total. The standard InChI is InChI=1S/C14H20N4S2.HI/c1-3-15-14(16-7-6-12-5-4-8-19-12)17-9-13-11(2)18-10-20-13;/h4-5,8,10H,3,6-7,9H2,1-2H3,(H2,15,16,17);1H. The number of nitrogens with zero attached hydrogens (tertiary/aromatic N) is 2. The molecule has 0 aliphatic carbocycles. The first kappa shape index (κ1) is 18.4. The smallest absolute Gasteiger partial charge is 0.191 e. The number of rotatable bonds is 6. The maximum absolute atomic E-state index is 4.60. The van der Waals surface area contributed by atoms with Crippen molar-refractivity contribution in [3.8, 4) is 0 Å². The van der Waals surface area contributed by atoms with E-state index in [0.717, 1.165) is 31.2 Å². The van der Waals surface area contributed by atoms with Gasteiger partial charge in [0.05, 0.1) is 17.7 Å². The average Bonchev–Trinajstić information content (AvgIpc) is 3.08. The van der Waals surface area contributed by atoms with E-state index in [0.29, 0.717) is 6.54 Å². The predicted molar refractivity (Wildman–Crippen MR) is 103 cm³/mol. The van der Waals surface area contributed by atoms with Crippen LogP contribution in [0.1, 0.15) is 22.4 Å². The molecule has 0 saturated heterocycles. The number of thiophene rings is 1. The summed E-state index contributed by atoms with van der Waals surface area (Å²) in [6.07, 6.45) is 1.03. The van der Waals surface area contributed by atoms with E-state index in [4.69, 9.17) is 0 Å². The van der Waals surface area contributed by atoms with Gasteiger partial charge >= 0.3 is 0 Å². The molecular formula is C14H21IN4S2. The maximum Gasteiger partial charge on any atom is 0.191 e. The Hall–Kier alpha value is -0.670. The predicted octanol–water partition coefficient (Wildman–Crippen LogP) is 3.43. The number of aliphatic imine (C=N–C) groups is 1. The molecule has 0 amide bonds. The first-order valence-electron chi connectivity index (χ1n) is 6.73. The Balaban J connectivity index is 0.00000220. The third kappa shape index (κ3) is 6.31. The van der Waals surface area contributed by atoms with Gasteiger partial charge in [0.1, 0.15) is 0 Å². The minimum atomic E-state index is 0.